The number of rotatable bonds is 14. The fourth-order valence-electron chi connectivity index (χ4n) is 3.04. The van der Waals surface area contributed by atoms with Crippen LogP contribution in [-0.2, 0) is 13.6 Å². The van der Waals surface area contributed by atoms with Gasteiger partial charge < -0.3 is 13.6 Å². The Bertz CT molecular complexity index is 251. The first-order valence-corrected chi connectivity index (χ1v) is 11.9. The Morgan fingerprint density at radius 3 is 2.18 bits per heavy atom. The predicted octanol–water partition coefficient (Wildman–Crippen LogP) is 5.43. The summed E-state index contributed by atoms with van der Waals surface area (Å²) in [5, 5.41) is 0. The molecule has 4 heteroatoms. The third-order valence-corrected chi connectivity index (χ3v) is 8.32. The van der Waals surface area contributed by atoms with Gasteiger partial charge in [-0.2, -0.15) is 0 Å². The largest absolute Gasteiger partial charge is 0.394 e. The van der Waals surface area contributed by atoms with Crippen molar-refractivity contribution in [1.82, 2.24) is 0 Å². The third-order valence-electron chi connectivity index (χ3n) is 4.75. The lowest BCUT2D eigenvalue weighted by atomic mass is 10.1. The molecule has 1 aliphatic heterocycles. The molecule has 1 heterocycles. The van der Waals surface area contributed by atoms with Crippen molar-refractivity contribution in [2.75, 3.05) is 19.8 Å². The molecule has 1 fully saturated rings. The molecule has 0 N–H and O–H groups in total. The van der Waals surface area contributed by atoms with E-state index in [0.717, 1.165) is 38.3 Å². The van der Waals surface area contributed by atoms with Crippen molar-refractivity contribution in [2.45, 2.75) is 96.8 Å². The molecule has 1 saturated heterocycles. The van der Waals surface area contributed by atoms with Gasteiger partial charge in [0, 0.05) is 13.2 Å². The topological polar surface area (TPSA) is 27.7 Å². The van der Waals surface area contributed by atoms with Crippen LogP contribution in [0.15, 0.2) is 0 Å². The van der Waals surface area contributed by atoms with E-state index in [-0.39, 0.29) is 0 Å². The summed E-state index contributed by atoms with van der Waals surface area (Å²) in [6.07, 6.45) is 12.0. The van der Waals surface area contributed by atoms with E-state index < -0.39 is 8.56 Å². The lowest BCUT2D eigenvalue weighted by molar-refractivity contribution is 0.0479. The summed E-state index contributed by atoms with van der Waals surface area (Å²) in [6, 6.07) is 2.10. The van der Waals surface area contributed by atoms with Crippen LogP contribution in [0.5, 0.6) is 0 Å². The number of unbranched alkanes of at least 4 members (excludes halogenated alkanes) is 6. The van der Waals surface area contributed by atoms with E-state index in [9.17, 15) is 0 Å². The highest BCUT2D eigenvalue weighted by molar-refractivity contribution is 6.67. The molecular formula is C18H38O3Si. The van der Waals surface area contributed by atoms with E-state index in [4.69, 9.17) is 13.6 Å². The van der Waals surface area contributed by atoms with Gasteiger partial charge >= 0.3 is 8.56 Å². The SMILES string of the molecule is CCCCCCCCCO[Si](CC)(CC)OCC1CCCO1. The Balaban J connectivity index is 2.13. The van der Waals surface area contributed by atoms with Gasteiger partial charge in [0.1, 0.15) is 0 Å². The Kier molecular flexibility index (Phi) is 11.5. The molecule has 132 valence electrons. The van der Waals surface area contributed by atoms with Gasteiger partial charge in [-0.25, -0.2) is 0 Å². The maximum Gasteiger partial charge on any atom is 0.337 e. The molecule has 0 aliphatic carbocycles. The van der Waals surface area contributed by atoms with E-state index in [1.807, 2.05) is 0 Å². The molecule has 0 bridgehead atoms. The smallest absolute Gasteiger partial charge is 0.337 e. The summed E-state index contributed by atoms with van der Waals surface area (Å²) in [7, 11) is -1.97. The fraction of sp³-hybridized carbons (Fsp3) is 1.00. The molecular weight excluding hydrogens is 292 g/mol. The minimum atomic E-state index is -1.97. The zero-order chi connectivity index (χ0) is 16.1. The fourth-order valence-corrected chi connectivity index (χ4v) is 5.44. The Morgan fingerprint density at radius 2 is 1.59 bits per heavy atom. The summed E-state index contributed by atoms with van der Waals surface area (Å²) >= 11 is 0. The Hall–Kier alpha value is 0.0969. The quantitative estimate of drug-likeness (QED) is 0.314. The summed E-state index contributed by atoms with van der Waals surface area (Å²) in [4.78, 5) is 0. The van der Waals surface area contributed by atoms with Gasteiger partial charge in [0.15, 0.2) is 0 Å². The minimum Gasteiger partial charge on any atom is -0.394 e. The van der Waals surface area contributed by atoms with Crippen LogP contribution in [0.4, 0.5) is 0 Å². The molecule has 1 atom stereocenters. The maximum absolute atomic E-state index is 6.28. The number of hydrogen-bond donors (Lipinski definition) is 0. The van der Waals surface area contributed by atoms with Crippen molar-refractivity contribution in [3.8, 4) is 0 Å². The van der Waals surface area contributed by atoms with Crippen LogP contribution < -0.4 is 0 Å². The van der Waals surface area contributed by atoms with Crippen molar-refractivity contribution < 1.29 is 13.6 Å². The molecule has 22 heavy (non-hydrogen) atoms. The monoisotopic (exact) mass is 330 g/mol. The average molecular weight is 331 g/mol. The predicted molar refractivity (Wildman–Crippen MR) is 95.6 cm³/mol. The zero-order valence-electron chi connectivity index (χ0n) is 15.2. The average Bonchev–Trinajstić information content (AvgIpc) is 3.07. The van der Waals surface area contributed by atoms with Crippen molar-refractivity contribution in [2.24, 2.45) is 0 Å². The van der Waals surface area contributed by atoms with Gasteiger partial charge in [-0.1, -0.05) is 59.3 Å². The first-order chi connectivity index (χ1) is 10.8. The first kappa shape index (κ1) is 20.1. The summed E-state index contributed by atoms with van der Waals surface area (Å²) in [6.45, 7) is 9.23. The lowest BCUT2D eigenvalue weighted by Gasteiger charge is -2.30. The van der Waals surface area contributed by atoms with Crippen molar-refractivity contribution in [3.63, 3.8) is 0 Å². The second kappa shape index (κ2) is 12.5. The molecule has 0 aromatic rings. The van der Waals surface area contributed by atoms with E-state index in [0.29, 0.717) is 6.10 Å². The van der Waals surface area contributed by atoms with E-state index in [1.54, 1.807) is 0 Å². The van der Waals surface area contributed by atoms with E-state index in [2.05, 4.69) is 20.8 Å². The third kappa shape index (κ3) is 8.09. The van der Waals surface area contributed by atoms with Crippen LogP contribution in [0, 0.1) is 0 Å². The van der Waals surface area contributed by atoms with Gasteiger partial charge in [0.05, 0.1) is 12.7 Å². The summed E-state index contributed by atoms with van der Waals surface area (Å²) < 4.78 is 18.2. The maximum atomic E-state index is 6.28. The molecule has 1 rings (SSSR count). The zero-order valence-corrected chi connectivity index (χ0v) is 16.2. The highest BCUT2D eigenvalue weighted by Gasteiger charge is 2.34. The molecule has 0 amide bonds. The van der Waals surface area contributed by atoms with Crippen LogP contribution >= 0.6 is 0 Å². The second-order valence-electron chi connectivity index (χ2n) is 6.53. The van der Waals surface area contributed by atoms with E-state index >= 15 is 0 Å². The molecule has 0 saturated carbocycles. The molecule has 0 radical (unpaired) electrons. The second-order valence-corrected chi connectivity index (χ2v) is 10.3. The molecule has 0 spiro atoms. The van der Waals surface area contributed by atoms with Crippen molar-refractivity contribution >= 4 is 8.56 Å². The molecule has 1 aliphatic rings. The minimum absolute atomic E-state index is 0.312. The van der Waals surface area contributed by atoms with Crippen LogP contribution in [0.1, 0.15) is 78.6 Å². The van der Waals surface area contributed by atoms with Gasteiger partial charge in [-0.15, -0.1) is 0 Å². The van der Waals surface area contributed by atoms with Gasteiger partial charge in [-0.3, -0.25) is 0 Å². The van der Waals surface area contributed by atoms with Gasteiger partial charge in [0.2, 0.25) is 0 Å². The summed E-state index contributed by atoms with van der Waals surface area (Å²) in [5.41, 5.74) is 0. The Morgan fingerprint density at radius 1 is 0.909 bits per heavy atom. The number of hydrogen-bond acceptors (Lipinski definition) is 3. The van der Waals surface area contributed by atoms with Gasteiger partial charge in [-0.05, 0) is 31.4 Å². The van der Waals surface area contributed by atoms with Crippen LogP contribution in [-0.4, -0.2) is 34.5 Å². The summed E-state index contributed by atoms with van der Waals surface area (Å²) in [5.74, 6) is 0. The lowest BCUT2D eigenvalue weighted by Crippen LogP contribution is -2.43. The van der Waals surface area contributed by atoms with Crippen molar-refractivity contribution in [1.29, 1.82) is 0 Å². The van der Waals surface area contributed by atoms with Crippen molar-refractivity contribution in [3.05, 3.63) is 0 Å². The highest BCUT2D eigenvalue weighted by Crippen LogP contribution is 2.22. The van der Waals surface area contributed by atoms with Crippen LogP contribution in [0.25, 0.3) is 0 Å². The van der Waals surface area contributed by atoms with Crippen LogP contribution in [0.3, 0.4) is 0 Å². The number of ether oxygens (including phenoxy) is 1. The Labute approximate surface area is 139 Å². The first-order valence-electron chi connectivity index (χ1n) is 9.65. The molecule has 0 aromatic carbocycles. The molecule has 1 unspecified atom stereocenters. The van der Waals surface area contributed by atoms with Gasteiger partial charge in [0.25, 0.3) is 0 Å². The molecule has 3 nitrogen and oxygen atoms in total. The van der Waals surface area contributed by atoms with E-state index in [1.165, 1.54) is 51.4 Å². The normalized spacial score (nSPS) is 19.0. The van der Waals surface area contributed by atoms with Crippen LogP contribution in [0.2, 0.25) is 12.1 Å². The molecule has 0 aromatic heterocycles. The standard InChI is InChI=1S/C18H38O3Si/c1-4-7-8-9-10-11-12-16-20-22(5-2,6-3)21-17-18-14-13-15-19-18/h18H,4-17H2,1-3H3. The highest BCUT2D eigenvalue weighted by atomic mass is 28.4.